The summed E-state index contributed by atoms with van der Waals surface area (Å²) in [5.74, 6) is -1.15. The van der Waals surface area contributed by atoms with Crippen LogP contribution in [0, 0.1) is 0 Å². The number of halogens is 3. The van der Waals surface area contributed by atoms with Crippen LogP contribution < -0.4 is 9.62 Å². The molecule has 11 heteroatoms. The Morgan fingerprint density at radius 2 is 1.51 bits per heavy atom. The van der Waals surface area contributed by atoms with Crippen LogP contribution in [0.2, 0.25) is 0 Å². The molecule has 2 atom stereocenters. The molecule has 3 aromatic carbocycles. The van der Waals surface area contributed by atoms with Crippen molar-refractivity contribution >= 4 is 27.5 Å². The van der Waals surface area contributed by atoms with Crippen LogP contribution in [0.3, 0.4) is 0 Å². The number of hydrogen-bond acceptors (Lipinski definition) is 4. The van der Waals surface area contributed by atoms with Gasteiger partial charge in [0, 0.05) is 12.6 Å². The predicted molar refractivity (Wildman–Crippen MR) is 152 cm³/mol. The summed E-state index contributed by atoms with van der Waals surface area (Å²) in [5, 5.41) is 2.84. The lowest BCUT2D eigenvalue weighted by Crippen LogP contribution is -2.53. The number of carbonyl (C=O) groups excluding carboxylic acids is 2. The predicted octanol–water partition coefficient (Wildman–Crippen LogP) is 5.28. The number of carbonyl (C=O) groups is 2. The largest absolute Gasteiger partial charge is 0.416 e. The van der Waals surface area contributed by atoms with Gasteiger partial charge in [-0.25, -0.2) is 8.42 Å². The van der Waals surface area contributed by atoms with Gasteiger partial charge < -0.3 is 10.2 Å². The minimum atomic E-state index is -4.73. The van der Waals surface area contributed by atoms with E-state index in [0.717, 1.165) is 17.7 Å². The lowest BCUT2D eigenvalue weighted by Gasteiger charge is -2.32. The van der Waals surface area contributed by atoms with Crippen LogP contribution in [-0.4, -0.2) is 50.3 Å². The first-order valence-corrected chi connectivity index (χ1v) is 14.7. The van der Waals surface area contributed by atoms with Gasteiger partial charge in [0.05, 0.1) is 16.1 Å². The standard InChI is InChI=1S/C30H34F3N3O4S/c1-4-22(2)34-29(38)23(3)35(19-18-24-12-7-5-8-13-24)28(37)21-36(41(39,40)27-16-9-6-10-17-27)26-15-11-14-25(20-26)30(31,32)33/h5-17,20,22-23H,4,18-19,21H2,1-3H3,(H,34,38). The van der Waals surface area contributed by atoms with Crippen LogP contribution in [0.4, 0.5) is 18.9 Å². The first kappa shape index (κ1) is 31.7. The highest BCUT2D eigenvalue weighted by Gasteiger charge is 2.35. The van der Waals surface area contributed by atoms with Crippen molar-refractivity contribution in [3.05, 3.63) is 96.1 Å². The van der Waals surface area contributed by atoms with Gasteiger partial charge in [-0.3, -0.25) is 13.9 Å². The molecule has 2 unspecified atom stereocenters. The molecule has 0 aromatic heterocycles. The smallest absolute Gasteiger partial charge is 0.352 e. The Labute approximate surface area is 239 Å². The van der Waals surface area contributed by atoms with E-state index in [-0.39, 0.29) is 23.2 Å². The monoisotopic (exact) mass is 589 g/mol. The van der Waals surface area contributed by atoms with Gasteiger partial charge in [0.1, 0.15) is 12.6 Å². The molecule has 0 saturated carbocycles. The molecule has 0 aliphatic carbocycles. The third-order valence-electron chi connectivity index (χ3n) is 6.72. The molecule has 3 rings (SSSR count). The minimum Gasteiger partial charge on any atom is -0.352 e. The van der Waals surface area contributed by atoms with Crippen molar-refractivity contribution in [2.45, 2.75) is 56.8 Å². The second-order valence-corrected chi connectivity index (χ2v) is 11.6. The van der Waals surface area contributed by atoms with Gasteiger partial charge >= 0.3 is 6.18 Å². The third kappa shape index (κ3) is 8.32. The van der Waals surface area contributed by atoms with Gasteiger partial charge in [-0.15, -0.1) is 0 Å². The van der Waals surface area contributed by atoms with E-state index in [1.54, 1.807) is 13.0 Å². The summed E-state index contributed by atoms with van der Waals surface area (Å²) in [6, 6.07) is 19.1. The number of alkyl halides is 3. The van der Waals surface area contributed by atoms with Crippen LogP contribution in [0.15, 0.2) is 89.8 Å². The van der Waals surface area contributed by atoms with E-state index in [4.69, 9.17) is 0 Å². The Kier molecular flexibility index (Phi) is 10.6. The van der Waals surface area contributed by atoms with Gasteiger partial charge in [0.15, 0.2) is 0 Å². The van der Waals surface area contributed by atoms with E-state index in [0.29, 0.717) is 23.2 Å². The fraction of sp³-hybridized carbons (Fsp3) is 0.333. The molecule has 0 saturated heterocycles. The molecule has 2 amide bonds. The zero-order chi connectivity index (χ0) is 30.2. The van der Waals surface area contributed by atoms with Gasteiger partial charge in [-0.2, -0.15) is 13.2 Å². The Bertz CT molecular complexity index is 1420. The van der Waals surface area contributed by atoms with Crippen LogP contribution >= 0.6 is 0 Å². The Balaban J connectivity index is 2.02. The Morgan fingerprint density at radius 1 is 0.902 bits per heavy atom. The molecule has 0 aliphatic heterocycles. The summed E-state index contributed by atoms with van der Waals surface area (Å²) in [7, 11) is -4.46. The fourth-order valence-electron chi connectivity index (χ4n) is 4.12. The molecule has 3 aromatic rings. The Hall–Kier alpha value is -3.86. The number of hydrogen-bond donors (Lipinski definition) is 1. The molecular formula is C30H34F3N3O4S. The lowest BCUT2D eigenvalue weighted by molar-refractivity contribution is -0.139. The summed E-state index contributed by atoms with van der Waals surface area (Å²) in [4.78, 5) is 27.9. The number of rotatable bonds is 12. The van der Waals surface area contributed by atoms with Crippen molar-refractivity contribution in [2.75, 3.05) is 17.4 Å². The van der Waals surface area contributed by atoms with Gasteiger partial charge in [0.25, 0.3) is 10.0 Å². The lowest BCUT2D eigenvalue weighted by atomic mass is 10.1. The maximum atomic E-state index is 13.8. The molecular weight excluding hydrogens is 555 g/mol. The van der Waals surface area contributed by atoms with Crippen molar-refractivity contribution in [2.24, 2.45) is 0 Å². The number of sulfonamides is 1. The fourth-order valence-corrected chi connectivity index (χ4v) is 5.55. The molecule has 220 valence electrons. The Morgan fingerprint density at radius 3 is 2.10 bits per heavy atom. The highest BCUT2D eigenvalue weighted by atomic mass is 32.2. The highest BCUT2D eigenvalue weighted by molar-refractivity contribution is 7.92. The van der Waals surface area contributed by atoms with Gasteiger partial charge in [-0.1, -0.05) is 61.5 Å². The summed E-state index contributed by atoms with van der Waals surface area (Å²) in [5.41, 5.74) is -0.485. The number of nitrogens with one attached hydrogen (secondary N) is 1. The molecule has 0 spiro atoms. The average molecular weight is 590 g/mol. The van der Waals surface area contributed by atoms with E-state index in [1.807, 2.05) is 44.2 Å². The number of nitrogens with zero attached hydrogens (tertiary/aromatic N) is 2. The summed E-state index contributed by atoms with van der Waals surface area (Å²) >= 11 is 0. The second kappa shape index (κ2) is 13.7. The topological polar surface area (TPSA) is 86.8 Å². The van der Waals surface area contributed by atoms with E-state index >= 15 is 0 Å². The van der Waals surface area contributed by atoms with Crippen molar-refractivity contribution in [1.82, 2.24) is 10.2 Å². The average Bonchev–Trinajstić information content (AvgIpc) is 2.96. The quantitative estimate of drug-likeness (QED) is 0.312. The highest BCUT2D eigenvalue weighted by Crippen LogP contribution is 2.33. The van der Waals surface area contributed by atoms with E-state index in [1.165, 1.54) is 35.2 Å². The van der Waals surface area contributed by atoms with Crippen molar-refractivity contribution in [1.29, 1.82) is 0 Å². The molecule has 41 heavy (non-hydrogen) atoms. The maximum Gasteiger partial charge on any atom is 0.416 e. The number of anilines is 1. The third-order valence-corrected chi connectivity index (χ3v) is 8.51. The van der Waals surface area contributed by atoms with E-state index in [9.17, 15) is 31.2 Å². The normalized spacial score (nSPS) is 13.2. The van der Waals surface area contributed by atoms with E-state index in [2.05, 4.69) is 5.32 Å². The summed E-state index contributed by atoms with van der Waals surface area (Å²) in [6.07, 6.45) is -3.69. The maximum absolute atomic E-state index is 13.8. The van der Waals surface area contributed by atoms with Crippen molar-refractivity contribution in [3.63, 3.8) is 0 Å². The number of benzene rings is 3. The van der Waals surface area contributed by atoms with Crippen LogP contribution in [0.1, 0.15) is 38.3 Å². The molecule has 0 bridgehead atoms. The van der Waals surface area contributed by atoms with Gasteiger partial charge in [-0.05, 0) is 62.6 Å². The molecule has 0 fully saturated rings. The van der Waals surface area contributed by atoms with Crippen LogP contribution in [-0.2, 0) is 32.2 Å². The summed E-state index contributed by atoms with van der Waals surface area (Å²) in [6.45, 7) is 4.53. The molecule has 7 nitrogen and oxygen atoms in total. The first-order valence-electron chi connectivity index (χ1n) is 13.2. The second-order valence-electron chi connectivity index (χ2n) is 9.69. The first-order chi connectivity index (χ1) is 19.3. The molecule has 0 radical (unpaired) electrons. The zero-order valence-corrected chi connectivity index (χ0v) is 24.0. The van der Waals surface area contributed by atoms with E-state index < -0.39 is 46.2 Å². The van der Waals surface area contributed by atoms with Crippen molar-refractivity contribution in [3.8, 4) is 0 Å². The molecule has 0 heterocycles. The van der Waals surface area contributed by atoms with Gasteiger partial charge in [0.2, 0.25) is 11.8 Å². The minimum absolute atomic E-state index is 0.0831. The van der Waals surface area contributed by atoms with Crippen LogP contribution in [0.25, 0.3) is 0 Å². The summed E-state index contributed by atoms with van der Waals surface area (Å²) < 4.78 is 68.7. The SMILES string of the molecule is CCC(C)NC(=O)C(C)N(CCc1ccccc1)C(=O)CN(c1cccc(C(F)(F)F)c1)S(=O)(=O)c1ccccc1. The number of amides is 2. The molecule has 0 aliphatic rings. The zero-order valence-electron chi connectivity index (χ0n) is 23.1. The van der Waals surface area contributed by atoms with Crippen molar-refractivity contribution < 1.29 is 31.2 Å². The van der Waals surface area contributed by atoms with Crippen LogP contribution in [0.5, 0.6) is 0 Å². The molecule has 1 N–H and O–H groups in total.